The molecule has 2 aromatic carbocycles. The quantitative estimate of drug-likeness (QED) is 0.689. The van der Waals surface area contributed by atoms with Crippen LogP contribution in [0.1, 0.15) is 36.7 Å². The maximum Gasteiger partial charge on any atom is 0.318 e. The second-order valence-corrected chi connectivity index (χ2v) is 7.76. The zero-order valence-corrected chi connectivity index (χ0v) is 17.1. The molecule has 29 heavy (non-hydrogen) atoms. The fourth-order valence-corrected chi connectivity index (χ4v) is 4.14. The van der Waals surface area contributed by atoms with Gasteiger partial charge in [0.25, 0.3) is 0 Å². The zero-order chi connectivity index (χ0) is 20.4. The highest BCUT2D eigenvalue weighted by Gasteiger charge is 2.33. The summed E-state index contributed by atoms with van der Waals surface area (Å²) in [7, 11) is 1.65. The zero-order valence-electron chi connectivity index (χ0n) is 17.1. The topological polar surface area (TPSA) is 46.5 Å². The number of nitrogens with one attached hydrogen (secondary N) is 1. The van der Waals surface area contributed by atoms with Gasteiger partial charge in [0.15, 0.2) is 0 Å². The molecule has 150 valence electrons. The van der Waals surface area contributed by atoms with Gasteiger partial charge in [-0.1, -0.05) is 44.2 Å². The van der Waals surface area contributed by atoms with Crippen molar-refractivity contribution < 1.29 is 9.53 Å². The van der Waals surface area contributed by atoms with Gasteiger partial charge in [-0.2, -0.15) is 0 Å². The number of aromatic nitrogens is 1. The summed E-state index contributed by atoms with van der Waals surface area (Å²) in [6.45, 7) is 5.37. The van der Waals surface area contributed by atoms with E-state index in [4.69, 9.17) is 4.74 Å². The number of ether oxygens (including phenoxy) is 1. The number of urea groups is 1. The number of benzene rings is 2. The van der Waals surface area contributed by atoms with Gasteiger partial charge in [-0.15, -0.1) is 0 Å². The predicted molar refractivity (Wildman–Crippen MR) is 114 cm³/mol. The van der Waals surface area contributed by atoms with Crippen molar-refractivity contribution in [3.8, 4) is 11.4 Å². The summed E-state index contributed by atoms with van der Waals surface area (Å²) < 4.78 is 7.50. The van der Waals surface area contributed by atoms with E-state index in [1.807, 2.05) is 41.3 Å². The normalized spacial score (nSPS) is 15.4. The van der Waals surface area contributed by atoms with Gasteiger partial charge in [-0.05, 0) is 47.4 Å². The van der Waals surface area contributed by atoms with Crippen LogP contribution in [0.2, 0.25) is 0 Å². The molecule has 0 fully saturated rings. The molecular formula is C24H27N3O2. The van der Waals surface area contributed by atoms with E-state index in [1.165, 1.54) is 0 Å². The van der Waals surface area contributed by atoms with E-state index in [2.05, 4.69) is 54.2 Å². The summed E-state index contributed by atoms with van der Waals surface area (Å²) in [4.78, 5) is 15.3. The van der Waals surface area contributed by atoms with Crippen molar-refractivity contribution in [1.29, 1.82) is 0 Å². The molecule has 0 saturated heterocycles. The number of rotatable bonds is 4. The molecule has 1 aromatic heterocycles. The molecule has 4 rings (SSSR count). The average molecular weight is 389 g/mol. The van der Waals surface area contributed by atoms with Crippen LogP contribution in [0.3, 0.4) is 0 Å². The standard InChI is InChI=1S/C24H27N3O2/c1-17(2)23-22-12-7-13-26(22)21-11-5-4-9-19(21)16-27(23)24(28)25-15-18-8-6-10-20(14-18)29-3/h4-14,17,23H,15-16H2,1-3H3,(H,25,28). The maximum absolute atomic E-state index is 13.3. The Morgan fingerprint density at radius 3 is 2.76 bits per heavy atom. The third kappa shape index (κ3) is 3.73. The Balaban J connectivity index is 1.63. The van der Waals surface area contributed by atoms with Gasteiger partial charge in [-0.3, -0.25) is 0 Å². The van der Waals surface area contributed by atoms with Crippen LogP contribution in [-0.2, 0) is 13.1 Å². The van der Waals surface area contributed by atoms with Gasteiger partial charge in [0.05, 0.1) is 25.4 Å². The van der Waals surface area contributed by atoms with Crippen LogP contribution in [0, 0.1) is 5.92 Å². The fraction of sp³-hybridized carbons (Fsp3) is 0.292. The van der Waals surface area contributed by atoms with E-state index in [1.54, 1.807) is 7.11 Å². The lowest BCUT2D eigenvalue weighted by molar-refractivity contribution is 0.149. The summed E-state index contributed by atoms with van der Waals surface area (Å²) in [6.07, 6.45) is 2.08. The molecule has 3 aromatic rings. The molecule has 0 spiro atoms. The lowest BCUT2D eigenvalue weighted by Crippen LogP contribution is -2.42. The molecular weight excluding hydrogens is 362 g/mol. The molecule has 2 amide bonds. The highest BCUT2D eigenvalue weighted by Crippen LogP contribution is 2.36. The first-order valence-corrected chi connectivity index (χ1v) is 10.0. The average Bonchev–Trinajstić information content (AvgIpc) is 3.15. The molecule has 1 N–H and O–H groups in total. The SMILES string of the molecule is COc1cccc(CNC(=O)N2Cc3ccccc3-n3cccc3C2C(C)C)c1. The van der Waals surface area contributed by atoms with E-state index < -0.39 is 0 Å². The first kappa shape index (κ1) is 19.1. The van der Waals surface area contributed by atoms with Crippen LogP contribution in [0.15, 0.2) is 66.9 Å². The van der Waals surface area contributed by atoms with Crippen LogP contribution < -0.4 is 10.1 Å². The van der Waals surface area contributed by atoms with Gasteiger partial charge in [0.2, 0.25) is 0 Å². The van der Waals surface area contributed by atoms with Gasteiger partial charge in [-0.25, -0.2) is 4.79 Å². The Morgan fingerprint density at radius 2 is 1.97 bits per heavy atom. The molecule has 0 saturated carbocycles. The van der Waals surface area contributed by atoms with Crippen molar-refractivity contribution >= 4 is 6.03 Å². The minimum atomic E-state index is -0.0593. The van der Waals surface area contributed by atoms with Crippen molar-refractivity contribution in [1.82, 2.24) is 14.8 Å². The number of hydrogen-bond acceptors (Lipinski definition) is 2. The minimum Gasteiger partial charge on any atom is -0.497 e. The van der Waals surface area contributed by atoms with Crippen molar-refractivity contribution in [2.45, 2.75) is 33.0 Å². The van der Waals surface area contributed by atoms with Gasteiger partial charge in [0, 0.05) is 18.4 Å². The number of para-hydroxylation sites is 1. The third-order valence-electron chi connectivity index (χ3n) is 5.48. The smallest absolute Gasteiger partial charge is 0.318 e. The van der Waals surface area contributed by atoms with Crippen LogP contribution >= 0.6 is 0 Å². The number of nitrogens with zero attached hydrogens (tertiary/aromatic N) is 2. The Kier molecular flexibility index (Phi) is 5.30. The third-order valence-corrected chi connectivity index (χ3v) is 5.48. The Labute approximate surface area is 171 Å². The monoisotopic (exact) mass is 389 g/mol. The van der Waals surface area contributed by atoms with E-state index in [0.29, 0.717) is 13.1 Å². The second-order valence-electron chi connectivity index (χ2n) is 7.76. The van der Waals surface area contributed by atoms with E-state index >= 15 is 0 Å². The Morgan fingerprint density at radius 1 is 1.14 bits per heavy atom. The van der Waals surface area contributed by atoms with Crippen LogP contribution in [0.4, 0.5) is 4.79 Å². The van der Waals surface area contributed by atoms with Crippen LogP contribution in [-0.4, -0.2) is 22.6 Å². The fourth-order valence-electron chi connectivity index (χ4n) is 4.14. The lowest BCUT2D eigenvalue weighted by Gasteiger charge is -2.33. The molecule has 2 heterocycles. The second kappa shape index (κ2) is 8.03. The Hall–Kier alpha value is -3.21. The number of carbonyl (C=O) groups is 1. The number of methoxy groups -OCH3 is 1. The summed E-state index contributed by atoms with van der Waals surface area (Å²) in [5.74, 6) is 1.07. The lowest BCUT2D eigenvalue weighted by atomic mass is 9.99. The summed E-state index contributed by atoms with van der Waals surface area (Å²) >= 11 is 0. The van der Waals surface area contributed by atoms with Gasteiger partial charge in [0.1, 0.15) is 5.75 Å². The largest absolute Gasteiger partial charge is 0.497 e. The minimum absolute atomic E-state index is 0.0114. The van der Waals surface area contributed by atoms with Crippen LogP contribution in [0.5, 0.6) is 5.75 Å². The van der Waals surface area contributed by atoms with Crippen molar-refractivity contribution in [3.63, 3.8) is 0 Å². The summed E-state index contributed by atoms with van der Waals surface area (Å²) in [6, 6.07) is 20.2. The molecule has 1 unspecified atom stereocenters. The first-order valence-electron chi connectivity index (χ1n) is 10.0. The van der Waals surface area contributed by atoms with Gasteiger partial charge < -0.3 is 19.5 Å². The highest BCUT2D eigenvalue weighted by atomic mass is 16.5. The Bertz CT molecular complexity index is 1010. The first-order chi connectivity index (χ1) is 14.1. The van der Waals surface area contributed by atoms with E-state index in [9.17, 15) is 4.79 Å². The maximum atomic E-state index is 13.3. The molecule has 1 aliphatic rings. The predicted octanol–water partition coefficient (Wildman–Crippen LogP) is 4.91. The van der Waals surface area contributed by atoms with Crippen molar-refractivity contribution in [2.75, 3.05) is 7.11 Å². The number of amides is 2. The summed E-state index contributed by atoms with van der Waals surface area (Å²) in [5.41, 5.74) is 4.43. The molecule has 0 bridgehead atoms. The van der Waals surface area contributed by atoms with Gasteiger partial charge >= 0.3 is 6.03 Å². The molecule has 5 heteroatoms. The highest BCUT2D eigenvalue weighted by molar-refractivity contribution is 5.75. The van der Waals surface area contributed by atoms with Crippen LogP contribution in [0.25, 0.3) is 5.69 Å². The molecule has 5 nitrogen and oxygen atoms in total. The molecule has 1 atom stereocenters. The number of hydrogen-bond donors (Lipinski definition) is 1. The molecule has 0 radical (unpaired) electrons. The van der Waals surface area contributed by atoms with Crippen molar-refractivity contribution in [2.24, 2.45) is 5.92 Å². The number of carbonyl (C=O) groups excluding carboxylic acids is 1. The van der Waals surface area contributed by atoms with E-state index in [-0.39, 0.29) is 18.0 Å². The number of fused-ring (bicyclic) bond motifs is 3. The molecule has 0 aliphatic carbocycles. The molecule has 1 aliphatic heterocycles. The summed E-state index contributed by atoms with van der Waals surface area (Å²) in [5, 5.41) is 3.11. The van der Waals surface area contributed by atoms with Crippen molar-refractivity contribution in [3.05, 3.63) is 83.7 Å². The van der Waals surface area contributed by atoms with E-state index in [0.717, 1.165) is 28.3 Å².